The minimum atomic E-state index is -0.449. The van der Waals surface area contributed by atoms with Crippen molar-refractivity contribution in [3.05, 3.63) is 125 Å². The molecule has 5 rings (SSSR count). The monoisotopic (exact) mass is 663 g/mol. The van der Waals surface area contributed by atoms with Crippen LogP contribution < -0.4 is 15.5 Å². The number of anilines is 3. The van der Waals surface area contributed by atoms with Crippen LogP contribution in [0, 0.1) is 6.92 Å². The third kappa shape index (κ3) is 10.5. The maximum atomic E-state index is 13.0. The van der Waals surface area contributed by atoms with Gasteiger partial charge in [0.2, 0.25) is 11.8 Å². The highest BCUT2D eigenvalue weighted by Gasteiger charge is 2.26. The summed E-state index contributed by atoms with van der Waals surface area (Å²) in [6, 6.07) is 29.3. The minimum absolute atomic E-state index is 0.258. The third-order valence-corrected chi connectivity index (χ3v) is 7.30. The Morgan fingerprint density at radius 3 is 1.98 bits per heavy atom. The first-order valence-electron chi connectivity index (χ1n) is 16.9. The number of amides is 2. The molecule has 4 aromatic rings. The Labute approximate surface area is 291 Å². The molecule has 8 nitrogen and oxygen atoms in total. The number of hydrogen-bond donors (Lipinski definition) is 2. The van der Waals surface area contributed by atoms with Crippen LogP contribution in [0.25, 0.3) is 11.3 Å². The number of carbonyl (C=O) groups is 4. The first kappa shape index (κ1) is 39.7. The topological polar surface area (TPSA) is 105 Å². The van der Waals surface area contributed by atoms with Gasteiger partial charge in [-0.1, -0.05) is 96.1 Å². The fraction of sp³-hybridized carbons (Fsp3) is 0.268. The molecule has 0 spiro atoms. The standard InChI is InChI=1S/C35H31N3O5.3C2H6/c1-23-19-26(35(42)43-2)13-15-29(23)30(22-39)34(24-9-5-3-6-10-24)37-28-14-16-31-25(20-28)17-18-38(31)33(41)21-32(40)36-27-11-7-4-8-12-27;3*1-2/h3-16,19-20,22,37H,17-18,21H2,1-2H3,(H,36,40);3*1-2H3/b34-30+;;;. The second kappa shape index (κ2) is 20.7. The number of allylic oxidation sites excluding steroid dienone is 1. The van der Waals surface area contributed by atoms with E-state index >= 15 is 0 Å². The summed E-state index contributed by atoms with van der Waals surface area (Å²) in [5.74, 6) is -1.08. The molecule has 0 aliphatic carbocycles. The highest BCUT2D eigenvalue weighted by Crippen LogP contribution is 2.34. The van der Waals surface area contributed by atoms with Gasteiger partial charge in [0, 0.05) is 29.2 Å². The van der Waals surface area contributed by atoms with Crippen molar-refractivity contribution in [3.8, 4) is 0 Å². The van der Waals surface area contributed by atoms with Gasteiger partial charge in [0.05, 0.1) is 18.4 Å². The molecule has 1 heterocycles. The largest absolute Gasteiger partial charge is 0.465 e. The molecule has 0 saturated carbocycles. The van der Waals surface area contributed by atoms with E-state index in [-0.39, 0.29) is 18.2 Å². The predicted molar refractivity (Wildman–Crippen MR) is 202 cm³/mol. The number of benzene rings is 4. The summed E-state index contributed by atoms with van der Waals surface area (Å²) in [5.41, 5.74) is 6.79. The van der Waals surface area contributed by atoms with Crippen molar-refractivity contribution in [2.75, 3.05) is 29.2 Å². The highest BCUT2D eigenvalue weighted by atomic mass is 16.5. The molecule has 49 heavy (non-hydrogen) atoms. The van der Waals surface area contributed by atoms with Crippen LogP contribution in [0.2, 0.25) is 0 Å². The van der Waals surface area contributed by atoms with Gasteiger partial charge in [-0.2, -0.15) is 0 Å². The lowest BCUT2D eigenvalue weighted by molar-refractivity contribution is -0.125. The van der Waals surface area contributed by atoms with Crippen molar-refractivity contribution >= 4 is 52.4 Å². The van der Waals surface area contributed by atoms with E-state index in [2.05, 4.69) is 10.6 Å². The predicted octanol–water partition coefficient (Wildman–Crippen LogP) is 8.96. The number of hydrogen-bond acceptors (Lipinski definition) is 6. The third-order valence-electron chi connectivity index (χ3n) is 7.30. The molecule has 0 aromatic heterocycles. The number of rotatable bonds is 9. The van der Waals surface area contributed by atoms with E-state index in [0.29, 0.717) is 41.1 Å². The van der Waals surface area contributed by atoms with Crippen molar-refractivity contribution < 1.29 is 23.9 Å². The fourth-order valence-electron chi connectivity index (χ4n) is 5.21. The highest BCUT2D eigenvalue weighted by molar-refractivity contribution is 6.19. The number of para-hydroxylation sites is 1. The number of nitrogens with one attached hydrogen (secondary N) is 2. The molecule has 0 atom stereocenters. The van der Waals surface area contributed by atoms with E-state index < -0.39 is 5.97 Å². The molecule has 8 heteroatoms. The molecule has 0 fully saturated rings. The lowest BCUT2D eigenvalue weighted by Gasteiger charge is -2.19. The number of methoxy groups -OCH3 is 1. The molecule has 0 bridgehead atoms. The van der Waals surface area contributed by atoms with E-state index in [4.69, 9.17) is 4.74 Å². The smallest absolute Gasteiger partial charge is 0.337 e. The van der Waals surface area contributed by atoms with E-state index in [1.165, 1.54) is 7.11 Å². The van der Waals surface area contributed by atoms with Crippen molar-refractivity contribution in [3.63, 3.8) is 0 Å². The van der Waals surface area contributed by atoms with Gasteiger partial charge in [0.15, 0.2) is 6.29 Å². The van der Waals surface area contributed by atoms with Crippen LogP contribution in [0.15, 0.2) is 97.1 Å². The van der Waals surface area contributed by atoms with Crippen molar-refractivity contribution in [1.29, 1.82) is 0 Å². The minimum Gasteiger partial charge on any atom is -0.465 e. The number of aldehydes is 1. The Bertz CT molecular complexity index is 1720. The molecule has 0 saturated heterocycles. The summed E-state index contributed by atoms with van der Waals surface area (Å²) < 4.78 is 4.84. The summed E-state index contributed by atoms with van der Waals surface area (Å²) in [5, 5.41) is 6.20. The number of esters is 1. The van der Waals surface area contributed by atoms with Crippen molar-refractivity contribution in [2.24, 2.45) is 0 Å². The van der Waals surface area contributed by atoms with Gasteiger partial charge >= 0.3 is 5.97 Å². The summed E-state index contributed by atoms with van der Waals surface area (Å²) >= 11 is 0. The second-order valence-corrected chi connectivity index (χ2v) is 10.1. The van der Waals surface area contributed by atoms with Gasteiger partial charge in [0.1, 0.15) is 6.42 Å². The van der Waals surface area contributed by atoms with Gasteiger partial charge in [-0.15, -0.1) is 0 Å². The zero-order valence-electron chi connectivity index (χ0n) is 29.9. The molecule has 2 N–H and O–H groups in total. The fourth-order valence-corrected chi connectivity index (χ4v) is 5.21. The Morgan fingerprint density at radius 1 is 0.755 bits per heavy atom. The van der Waals surface area contributed by atoms with Gasteiger partial charge < -0.3 is 20.3 Å². The molecule has 258 valence electrons. The van der Waals surface area contributed by atoms with E-state index in [1.807, 2.05) is 115 Å². The number of fused-ring (bicyclic) bond motifs is 1. The van der Waals surface area contributed by atoms with Crippen LogP contribution in [-0.2, 0) is 25.5 Å². The SMILES string of the molecule is CC.CC.CC.COC(=O)c1ccc(/C(C=O)=C(/Nc2ccc3c(c2)CCN3C(=O)CC(=O)Nc2ccccc2)c2ccccc2)c(C)c1. The number of carbonyl (C=O) groups excluding carboxylic acids is 4. The van der Waals surface area contributed by atoms with E-state index in [9.17, 15) is 19.2 Å². The lowest BCUT2D eigenvalue weighted by Crippen LogP contribution is -2.32. The average Bonchev–Trinajstić information content (AvgIpc) is 3.58. The normalized spacial score (nSPS) is 11.4. The summed E-state index contributed by atoms with van der Waals surface area (Å²) in [4.78, 5) is 51.8. The summed E-state index contributed by atoms with van der Waals surface area (Å²) in [7, 11) is 1.33. The van der Waals surface area contributed by atoms with Gasteiger partial charge in [0.25, 0.3) is 0 Å². The van der Waals surface area contributed by atoms with Crippen molar-refractivity contribution in [1.82, 2.24) is 0 Å². The molecular formula is C41H49N3O5. The Balaban J connectivity index is 0.00000132. The molecule has 4 aromatic carbocycles. The molecular weight excluding hydrogens is 614 g/mol. The first-order chi connectivity index (χ1) is 23.9. The molecule has 0 unspecified atom stereocenters. The second-order valence-electron chi connectivity index (χ2n) is 10.1. The zero-order valence-corrected chi connectivity index (χ0v) is 29.9. The Morgan fingerprint density at radius 2 is 1.39 bits per heavy atom. The average molecular weight is 664 g/mol. The first-order valence-corrected chi connectivity index (χ1v) is 16.9. The maximum absolute atomic E-state index is 13.0. The van der Waals surface area contributed by atoms with Crippen LogP contribution in [0.5, 0.6) is 0 Å². The molecule has 1 aliphatic heterocycles. The van der Waals surface area contributed by atoms with Crippen LogP contribution in [-0.4, -0.2) is 37.7 Å². The molecule has 2 amide bonds. The summed E-state index contributed by atoms with van der Waals surface area (Å²) in [6.45, 7) is 14.3. The van der Waals surface area contributed by atoms with Gasteiger partial charge in [-0.25, -0.2) is 4.79 Å². The Hall–Kier alpha value is -5.50. The van der Waals surface area contributed by atoms with Crippen LogP contribution >= 0.6 is 0 Å². The zero-order chi connectivity index (χ0) is 36.3. The van der Waals surface area contributed by atoms with E-state index in [0.717, 1.165) is 34.4 Å². The number of nitrogens with zero attached hydrogens (tertiary/aromatic N) is 1. The van der Waals surface area contributed by atoms with Gasteiger partial charge in [-0.3, -0.25) is 14.4 Å². The Kier molecular flexibility index (Phi) is 16.7. The summed E-state index contributed by atoms with van der Waals surface area (Å²) in [6.07, 6.45) is 1.19. The van der Waals surface area contributed by atoms with E-state index in [1.54, 1.807) is 35.2 Å². The number of ether oxygens (including phenoxy) is 1. The maximum Gasteiger partial charge on any atom is 0.337 e. The quantitative estimate of drug-likeness (QED) is 0.0609. The van der Waals surface area contributed by atoms with Crippen LogP contribution in [0.1, 0.15) is 80.6 Å². The lowest BCUT2D eigenvalue weighted by atomic mass is 9.95. The van der Waals surface area contributed by atoms with Gasteiger partial charge in [-0.05, 0) is 78.1 Å². The number of aryl methyl sites for hydroxylation is 1. The molecule has 1 aliphatic rings. The van der Waals surface area contributed by atoms with Crippen molar-refractivity contribution in [2.45, 2.75) is 61.3 Å². The molecule has 0 radical (unpaired) electrons. The van der Waals surface area contributed by atoms with Crippen LogP contribution in [0.3, 0.4) is 0 Å². The van der Waals surface area contributed by atoms with Crippen LogP contribution in [0.4, 0.5) is 17.1 Å².